The summed E-state index contributed by atoms with van der Waals surface area (Å²) in [6.45, 7) is 0. The van der Waals surface area contributed by atoms with E-state index in [4.69, 9.17) is 11.0 Å². The monoisotopic (exact) mass is 139 g/mol. The predicted molar refractivity (Wildman–Crippen MR) is 34.0 cm³/mol. The third kappa shape index (κ3) is 2.47. The van der Waals surface area contributed by atoms with Gasteiger partial charge in [-0.15, -0.1) is 0 Å². The first kappa shape index (κ1) is 8.17. The van der Waals surface area contributed by atoms with Gasteiger partial charge in [-0.1, -0.05) is 0 Å². The van der Waals surface area contributed by atoms with Crippen LogP contribution in [-0.4, -0.2) is 4.92 Å². The summed E-state index contributed by atoms with van der Waals surface area (Å²) >= 11 is 0. The second-order valence-corrected chi connectivity index (χ2v) is 1.31. The lowest BCUT2D eigenvalue weighted by Gasteiger charge is -1.84. The van der Waals surface area contributed by atoms with Gasteiger partial charge in [-0.2, -0.15) is 5.26 Å². The number of nitro groups is 1. The lowest BCUT2D eigenvalue weighted by Crippen LogP contribution is -1.98. The molecule has 0 bridgehead atoms. The Kier molecular flexibility index (Phi) is 3.34. The fraction of sp³-hybridized carbons (Fsp3) is 0. The summed E-state index contributed by atoms with van der Waals surface area (Å²) in [5.41, 5.74) is 4.56. The standard InChI is InChI=1S/C5H5N3O2/c6-3-1-2-5(4-7)8(9)10/h1-2,4H,7H2/b2-1+,5-4+. The molecule has 0 unspecified atom stereocenters. The molecule has 0 aromatic carbocycles. The normalized spacial score (nSPS) is 11.3. The molecule has 0 amide bonds. The van der Waals surface area contributed by atoms with E-state index in [2.05, 4.69) is 0 Å². The molecule has 0 radical (unpaired) electrons. The SMILES string of the molecule is N#C/C=C/C(=C\N)[N+](=O)[O-]. The third-order valence-electron chi connectivity index (χ3n) is 0.710. The van der Waals surface area contributed by atoms with Gasteiger partial charge in [0.2, 0.25) is 0 Å². The topological polar surface area (TPSA) is 93.0 Å². The van der Waals surface area contributed by atoms with Gasteiger partial charge in [0, 0.05) is 12.2 Å². The van der Waals surface area contributed by atoms with Crippen molar-refractivity contribution in [1.29, 1.82) is 5.26 Å². The molecule has 0 aromatic heterocycles. The molecule has 0 fully saturated rings. The molecule has 5 nitrogen and oxygen atoms in total. The Bertz CT molecular complexity index is 224. The van der Waals surface area contributed by atoms with Gasteiger partial charge in [0.15, 0.2) is 0 Å². The fourth-order valence-electron chi connectivity index (χ4n) is 0.300. The zero-order valence-corrected chi connectivity index (χ0v) is 5.02. The third-order valence-corrected chi connectivity index (χ3v) is 0.710. The number of nitriles is 1. The number of nitrogens with two attached hydrogens (primary N) is 1. The van der Waals surface area contributed by atoms with E-state index in [1.54, 1.807) is 6.07 Å². The molecule has 0 aromatic rings. The molecule has 0 aliphatic heterocycles. The van der Waals surface area contributed by atoms with Crippen molar-refractivity contribution in [3.05, 3.63) is 34.2 Å². The Balaban J connectivity index is 4.30. The largest absolute Gasteiger partial charge is 0.399 e. The molecule has 0 saturated heterocycles. The van der Waals surface area contributed by atoms with E-state index in [1.807, 2.05) is 0 Å². The van der Waals surface area contributed by atoms with E-state index in [-0.39, 0.29) is 5.70 Å². The molecular formula is C5H5N3O2. The summed E-state index contributed by atoms with van der Waals surface area (Å²) in [6, 6.07) is 1.61. The van der Waals surface area contributed by atoms with Crippen LogP contribution in [0.15, 0.2) is 24.0 Å². The minimum Gasteiger partial charge on any atom is -0.399 e. The second-order valence-electron chi connectivity index (χ2n) is 1.31. The van der Waals surface area contributed by atoms with Crippen molar-refractivity contribution in [3.63, 3.8) is 0 Å². The van der Waals surface area contributed by atoms with Crippen molar-refractivity contribution in [2.24, 2.45) is 5.73 Å². The first-order chi connectivity index (χ1) is 4.72. The maximum atomic E-state index is 9.93. The van der Waals surface area contributed by atoms with Crippen LogP contribution in [0.25, 0.3) is 0 Å². The zero-order chi connectivity index (χ0) is 7.98. The van der Waals surface area contributed by atoms with Crippen LogP contribution in [0.4, 0.5) is 0 Å². The average Bonchev–Trinajstić information content (AvgIpc) is 1.89. The number of nitrogens with zero attached hydrogens (tertiary/aromatic N) is 2. The van der Waals surface area contributed by atoms with Crippen molar-refractivity contribution in [1.82, 2.24) is 0 Å². The Hall–Kier alpha value is -1.83. The van der Waals surface area contributed by atoms with Crippen LogP contribution >= 0.6 is 0 Å². The minimum absolute atomic E-state index is 0.290. The summed E-state index contributed by atoms with van der Waals surface area (Å²) in [5.74, 6) is 0. The molecule has 0 aliphatic carbocycles. The van der Waals surface area contributed by atoms with Gasteiger partial charge in [-0.25, -0.2) is 0 Å². The molecule has 0 saturated carbocycles. The zero-order valence-electron chi connectivity index (χ0n) is 5.02. The number of allylic oxidation sites excluding steroid dienone is 2. The molecule has 2 N–H and O–H groups in total. The highest BCUT2D eigenvalue weighted by Gasteiger charge is 2.01. The quantitative estimate of drug-likeness (QED) is 0.255. The predicted octanol–water partition coefficient (Wildman–Crippen LogP) is 0.143. The Labute approximate surface area is 57.2 Å². The maximum absolute atomic E-state index is 9.93. The van der Waals surface area contributed by atoms with Crippen molar-refractivity contribution >= 4 is 0 Å². The van der Waals surface area contributed by atoms with Gasteiger partial charge in [0.25, 0.3) is 5.70 Å². The number of hydrogen-bond acceptors (Lipinski definition) is 4. The lowest BCUT2D eigenvalue weighted by atomic mass is 10.4. The highest BCUT2D eigenvalue weighted by Crippen LogP contribution is 1.93. The molecule has 52 valence electrons. The van der Waals surface area contributed by atoms with Crippen molar-refractivity contribution in [2.45, 2.75) is 0 Å². The van der Waals surface area contributed by atoms with E-state index < -0.39 is 4.92 Å². The molecule has 0 aliphatic rings. The van der Waals surface area contributed by atoms with Gasteiger partial charge in [0.05, 0.1) is 17.2 Å². The first-order valence-electron chi connectivity index (χ1n) is 2.35. The number of rotatable bonds is 2. The molecule has 0 heterocycles. The van der Waals surface area contributed by atoms with Gasteiger partial charge < -0.3 is 5.73 Å². The Morgan fingerprint density at radius 2 is 2.40 bits per heavy atom. The summed E-state index contributed by atoms with van der Waals surface area (Å²) in [5, 5.41) is 17.9. The number of hydrogen-bond donors (Lipinski definition) is 1. The van der Waals surface area contributed by atoms with Crippen LogP contribution in [0, 0.1) is 21.4 Å². The maximum Gasteiger partial charge on any atom is 0.285 e. The van der Waals surface area contributed by atoms with E-state index >= 15 is 0 Å². The minimum atomic E-state index is -0.673. The molecule has 0 rings (SSSR count). The summed E-state index contributed by atoms with van der Waals surface area (Å²) in [7, 11) is 0. The molecule has 5 heteroatoms. The van der Waals surface area contributed by atoms with Crippen molar-refractivity contribution < 1.29 is 4.92 Å². The molecule has 0 atom stereocenters. The molecular weight excluding hydrogens is 134 g/mol. The van der Waals surface area contributed by atoms with E-state index in [0.29, 0.717) is 0 Å². The van der Waals surface area contributed by atoms with E-state index in [9.17, 15) is 10.1 Å². The highest BCUT2D eigenvalue weighted by molar-refractivity contribution is 5.15. The van der Waals surface area contributed by atoms with Crippen LogP contribution in [0.2, 0.25) is 0 Å². The summed E-state index contributed by atoms with van der Waals surface area (Å²) in [4.78, 5) is 9.26. The van der Waals surface area contributed by atoms with Crippen LogP contribution in [-0.2, 0) is 0 Å². The first-order valence-corrected chi connectivity index (χ1v) is 2.35. The van der Waals surface area contributed by atoms with Crippen molar-refractivity contribution in [3.8, 4) is 6.07 Å². The summed E-state index contributed by atoms with van der Waals surface area (Å²) in [6.07, 6.45) is 2.84. The Morgan fingerprint density at radius 1 is 1.80 bits per heavy atom. The van der Waals surface area contributed by atoms with Crippen molar-refractivity contribution in [2.75, 3.05) is 0 Å². The van der Waals surface area contributed by atoms with Crippen LogP contribution in [0.3, 0.4) is 0 Å². The molecule has 0 spiro atoms. The second kappa shape index (κ2) is 4.09. The lowest BCUT2D eigenvalue weighted by molar-refractivity contribution is -0.419. The van der Waals surface area contributed by atoms with Gasteiger partial charge >= 0.3 is 0 Å². The Morgan fingerprint density at radius 3 is 2.70 bits per heavy atom. The average molecular weight is 139 g/mol. The van der Waals surface area contributed by atoms with Gasteiger partial charge in [0.1, 0.15) is 0 Å². The van der Waals surface area contributed by atoms with Gasteiger partial charge in [-0.05, 0) is 0 Å². The van der Waals surface area contributed by atoms with Crippen LogP contribution < -0.4 is 5.73 Å². The highest BCUT2D eigenvalue weighted by atomic mass is 16.6. The fourth-order valence-corrected chi connectivity index (χ4v) is 0.300. The van der Waals surface area contributed by atoms with E-state index in [1.165, 1.54) is 0 Å². The van der Waals surface area contributed by atoms with E-state index in [0.717, 1.165) is 18.4 Å². The molecule has 10 heavy (non-hydrogen) atoms. The summed E-state index contributed by atoms with van der Waals surface area (Å²) < 4.78 is 0. The van der Waals surface area contributed by atoms with Gasteiger partial charge in [-0.3, -0.25) is 10.1 Å². The van der Waals surface area contributed by atoms with Crippen LogP contribution in [0.1, 0.15) is 0 Å². The van der Waals surface area contributed by atoms with Crippen LogP contribution in [0.5, 0.6) is 0 Å². The smallest absolute Gasteiger partial charge is 0.285 e.